The van der Waals surface area contributed by atoms with Crippen molar-refractivity contribution in [3.63, 3.8) is 0 Å². The van der Waals surface area contributed by atoms with Gasteiger partial charge in [-0.3, -0.25) is 0 Å². The van der Waals surface area contributed by atoms with Gasteiger partial charge in [0.25, 0.3) is 0 Å². The van der Waals surface area contributed by atoms with Crippen LogP contribution < -0.4 is 0 Å². The van der Waals surface area contributed by atoms with Crippen LogP contribution in [0.15, 0.2) is 12.3 Å². The number of hydrogen-bond acceptors (Lipinski definition) is 5. The smallest absolute Gasteiger partial charge is 0.313 e. The van der Waals surface area contributed by atoms with Crippen LogP contribution in [0.2, 0.25) is 0 Å². The van der Waals surface area contributed by atoms with Gasteiger partial charge in [0.15, 0.2) is 0 Å². The second-order valence-electron chi connectivity index (χ2n) is 3.84. The average molecular weight is 359 g/mol. The Hall–Kier alpha value is -0.190. The number of hydrogen-bond donors (Lipinski definition) is 0. The van der Waals surface area contributed by atoms with E-state index in [9.17, 15) is 8.42 Å². The first-order chi connectivity index (χ1) is 9.00. The van der Waals surface area contributed by atoms with E-state index < -0.39 is 10.2 Å². The molecule has 9 heteroatoms. The lowest BCUT2D eigenvalue weighted by atomic mass is 10.5. The van der Waals surface area contributed by atoms with Crippen molar-refractivity contribution in [2.45, 2.75) is 0 Å². The molecule has 1 saturated heterocycles. The van der Waals surface area contributed by atoms with E-state index >= 15 is 0 Å². The monoisotopic (exact) mass is 358 g/mol. The van der Waals surface area contributed by atoms with Crippen LogP contribution in [0.25, 0.3) is 0 Å². The lowest BCUT2D eigenvalue weighted by molar-refractivity contribution is 0.0234. The van der Waals surface area contributed by atoms with E-state index in [4.69, 9.17) is 14.2 Å². The van der Waals surface area contributed by atoms with Crippen LogP contribution in [0.4, 0.5) is 0 Å². The molecule has 0 unspecified atom stereocenters. The van der Waals surface area contributed by atoms with Gasteiger partial charge in [0, 0.05) is 13.7 Å². The SMILES string of the molecule is C=C1CN(CCOCCOCCOC)S(=O)(=O)N1Br. The summed E-state index contributed by atoms with van der Waals surface area (Å²) in [5.41, 5.74) is 0.489. The highest BCUT2D eigenvalue weighted by molar-refractivity contribution is 9.08. The lowest BCUT2D eigenvalue weighted by Crippen LogP contribution is -2.31. The molecular weight excluding hydrogens is 340 g/mol. The van der Waals surface area contributed by atoms with E-state index in [2.05, 4.69) is 22.7 Å². The summed E-state index contributed by atoms with van der Waals surface area (Å²) in [6, 6.07) is 0. The van der Waals surface area contributed by atoms with Crippen molar-refractivity contribution < 1.29 is 22.6 Å². The lowest BCUT2D eigenvalue weighted by Gasteiger charge is -2.14. The van der Waals surface area contributed by atoms with Crippen LogP contribution in [-0.2, 0) is 24.4 Å². The third-order valence-electron chi connectivity index (χ3n) is 2.43. The molecule has 1 heterocycles. The Morgan fingerprint density at radius 2 is 1.79 bits per heavy atom. The van der Waals surface area contributed by atoms with Gasteiger partial charge in [-0.25, -0.2) is 0 Å². The molecule has 0 aromatic rings. The summed E-state index contributed by atoms with van der Waals surface area (Å²) in [7, 11) is -1.86. The Bertz CT molecular complexity index is 389. The third kappa shape index (κ3) is 5.01. The van der Waals surface area contributed by atoms with Gasteiger partial charge in [0.1, 0.15) is 0 Å². The fourth-order valence-corrected chi connectivity index (χ4v) is 3.30. The van der Waals surface area contributed by atoms with Gasteiger partial charge < -0.3 is 14.2 Å². The van der Waals surface area contributed by atoms with Gasteiger partial charge in [-0.1, -0.05) is 6.58 Å². The first-order valence-electron chi connectivity index (χ1n) is 5.78. The summed E-state index contributed by atoms with van der Waals surface area (Å²) in [5.74, 6) is 0. The zero-order chi connectivity index (χ0) is 14.3. The molecule has 1 rings (SSSR count). The summed E-state index contributed by atoms with van der Waals surface area (Å²) in [5, 5.41) is 0. The van der Waals surface area contributed by atoms with E-state index in [0.29, 0.717) is 45.3 Å². The molecule has 0 aromatic heterocycles. The molecule has 0 saturated carbocycles. The van der Waals surface area contributed by atoms with Crippen molar-refractivity contribution >= 4 is 26.4 Å². The minimum absolute atomic E-state index is 0.279. The molecule has 112 valence electrons. The van der Waals surface area contributed by atoms with Crippen LogP contribution in [0, 0.1) is 0 Å². The molecule has 0 radical (unpaired) electrons. The highest BCUT2D eigenvalue weighted by atomic mass is 79.9. The summed E-state index contributed by atoms with van der Waals surface area (Å²) >= 11 is 2.95. The number of halogens is 1. The van der Waals surface area contributed by atoms with E-state index in [1.807, 2.05) is 0 Å². The van der Waals surface area contributed by atoms with Crippen LogP contribution in [0.1, 0.15) is 0 Å². The van der Waals surface area contributed by atoms with Crippen molar-refractivity contribution in [3.8, 4) is 0 Å². The summed E-state index contributed by atoms with van der Waals surface area (Å²) < 4.78 is 41.2. The Labute approximate surface area is 122 Å². The normalized spacial score (nSPS) is 19.3. The molecule has 7 nitrogen and oxygen atoms in total. The third-order valence-corrected chi connectivity index (χ3v) is 5.65. The highest BCUT2D eigenvalue weighted by Crippen LogP contribution is 2.27. The quantitative estimate of drug-likeness (QED) is 0.439. The molecule has 19 heavy (non-hydrogen) atoms. The van der Waals surface area contributed by atoms with Crippen molar-refractivity contribution in [1.82, 2.24) is 7.64 Å². The minimum atomic E-state index is -3.46. The molecule has 0 spiro atoms. The fraction of sp³-hybridized carbons (Fsp3) is 0.800. The first-order valence-corrected chi connectivity index (χ1v) is 7.89. The molecule has 0 N–H and O–H groups in total. The predicted molar refractivity (Wildman–Crippen MR) is 73.9 cm³/mol. The summed E-state index contributed by atoms with van der Waals surface area (Å²) in [6.45, 7) is 6.52. The molecule has 1 aliphatic rings. The first kappa shape index (κ1) is 16.9. The molecule has 0 bridgehead atoms. The van der Waals surface area contributed by atoms with Crippen molar-refractivity contribution in [1.29, 1.82) is 0 Å². The van der Waals surface area contributed by atoms with Crippen LogP contribution >= 0.6 is 16.1 Å². The molecule has 0 atom stereocenters. The Morgan fingerprint density at radius 1 is 1.21 bits per heavy atom. The van der Waals surface area contributed by atoms with Gasteiger partial charge in [-0.15, -0.1) is 0 Å². The molecule has 1 aliphatic heterocycles. The Kier molecular flexibility index (Phi) is 7.26. The molecule has 0 aliphatic carbocycles. The van der Waals surface area contributed by atoms with E-state index in [0.717, 1.165) is 3.33 Å². The van der Waals surface area contributed by atoms with Gasteiger partial charge in [-0.2, -0.15) is 16.1 Å². The zero-order valence-electron chi connectivity index (χ0n) is 10.9. The number of ether oxygens (including phenoxy) is 3. The van der Waals surface area contributed by atoms with Gasteiger partial charge >= 0.3 is 10.2 Å². The van der Waals surface area contributed by atoms with E-state index in [1.54, 1.807) is 7.11 Å². The molecular formula is C10H19BrN2O5S. The Balaban J connectivity index is 2.12. The second-order valence-corrected chi connectivity index (χ2v) is 6.80. The molecule has 1 fully saturated rings. The van der Waals surface area contributed by atoms with Crippen LogP contribution in [0.5, 0.6) is 0 Å². The van der Waals surface area contributed by atoms with E-state index in [-0.39, 0.29) is 6.54 Å². The van der Waals surface area contributed by atoms with Crippen molar-refractivity contribution in [3.05, 3.63) is 12.3 Å². The number of methoxy groups -OCH3 is 1. The molecule has 0 aromatic carbocycles. The maximum Gasteiger partial charge on any atom is 0.313 e. The standard InChI is InChI=1S/C10H19BrN2O5S/c1-10-9-12(19(14,15)13(10)11)3-4-17-7-8-18-6-5-16-2/h1,3-9H2,2H3. The van der Waals surface area contributed by atoms with Gasteiger partial charge in [0.2, 0.25) is 0 Å². The topological polar surface area (TPSA) is 68.3 Å². The summed E-state index contributed by atoms with van der Waals surface area (Å²) in [4.78, 5) is 0. The number of rotatable bonds is 9. The second kappa shape index (κ2) is 8.18. The Morgan fingerprint density at radius 3 is 2.32 bits per heavy atom. The van der Waals surface area contributed by atoms with Crippen LogP contribution in [0.3, 0.4) is 0 Å². The van der Waals surface area contributed by atoms with Crippen molar-refractivity contribution in [2.24, 2.45) is 0 Å². The largest absolute Gasteiger partial charge is 0.382 e. The van der Waals surface area contributed by atoms with Gasteiger partial charge in [-0.05, 0) is 0 Å². The number of nitrogens with zero attached hydrogens (tertiary/aromatic N) is 2. The zero-order valence-corrected chi connectivity index (χ0v) is 13.3. The average Bonchev–Trinajstić information content (AvgIpc) is 2.56. The highest BCUT2D eigenvalue weighted by Gasteiger charge is 2.37. The maximum atomic E-state index is 11.8. The maximum absolute atomic E-state index is 11.8. The summed E-state index contributed by atoms with van der Waals surface area (Å²) in [6.07, 6.45) is 0. The van der Waals surface area contributed by atoms with Gasteiger partial charge in [0.05, 0.1) is 61.4 Å². The van der Waals surface area contributed by atoms with Crippen molar-refractivity contribution in [2.75, 3.05) is 53.2 Å². The fourth-order valence-electron chi connectivity index (χ4n) is 1.43. The predicted octanol–water partition coefficient (Wildman–Crippen LogP) is 0.352. The van der Waals surface area contributed by atoms with Crippen LogP contribution in [-0.4, -0.2) is 69.3 Å². The minimum Gasteiger partial charge on any atom is -0.382 e. The van der Waals surface area contributed by atoms with E-state index in [1.165, 1.54) is 4.31 Å². The molecule has 0 amide bonds.